The van der Waals surface area contributed by atoms with Gasteiger partial charge in [0.25, 0.3) is 5.91 Å². The Morgan fingerprint density at radius 2 is 1.88 bits per heavy atom. The molecule has 0 bridgehead atoms. The van der Waals surface area contributed by atoms with Crippen molar-refractivity contribution in [3.05, 3.63) is 54.1 Å². The van der Waals surface area contributed by atoms with E-state index in [1.807, 2.05) is 37.3 Å². The van der Waals surface area contributed by atoms with Gasteiger partial charge in [-0.3, -0.25) is 19.3 Å². The molecule has 2 saturated heterocycles. The molecule has 32 heavy (non-hydrogen) atoms. The summed E-state index contributed by atoms with van der Waals surface area (Å²) in [6.07, 6.45) is 2.05. The minimum atomic E-state index is -0.837. The van der Waals surface area contributed by atoms with E-state index in [1.54, 1.807) is 23.1 Å². The first-order valence-electron chi connectivity index (χ1n) is 11.3. The van der Waals surface area contributed by atoms with E-state index in [9.17, 15) is 14.4 Å². The summed E-state index contributed by atoms with van der Waals surface area (Å²) in [6, 6.07) is 15.0. The van der Waals surface area contributed by atoms with Crippen LogP contribution in [0.3, 0.4) is 0 Å². The first-order valence-corrected chi connectivity index (χ1v) is 11.3. The highest BCUT2D eigenvalue weighted by Gasteiger charge is 2.53. The smallest absolute Gasteiger partial charge is 0.258 e. The van der Waals surface area contributed by atoms with Crippen molar-refractivity contribution in [3.8, 4) is 0 Å². The number of benzene rings is 2. The van der Waals surface area contributed by atoms with Crippen LogP contribution in [0, 0.1) is 5.92 Å². The summed E-state index contributed by atoms with van der Waals surface area (Å²) in [5.74, 6) is 0.179. The Labute approximate surface area is 188 Å². The summed E-state index contributed by atoms with van der Waals surface area (Å²) in [6.45, 7) is 6.12. The highest BCUT2D eigenvalue weighted by molar-refractivity contribution is 6.11. The van der Waals surface area contributed by atoms with Gasteiger partial charge in [-0.2, -0.15) is 0 Å². The number of para-hydroxylation sites is 1. The average molecular weight is 433 g/mol. The Kier molecular flexibility index (Phi) is 4.92. The number of hydrogen-bond acceptors (Lipinski definition) is 4. The van der Waals surface area contributed by atoms with Gasteiger partial charge in [0.05, 0.1) is 11.3 Å². The van der Waals surface area contributed by atoms with Crippen LogP contribution < -0.4 is 15.1 Å². The van der Waals surface area contributed by atoms with Crippen LogP contribution in [0.15, 0.2) is 48.5 Å². The third kappa shape index (κ3) is 3.32. The van der Waals surface area contributed by atoms with Gasteiger partial charge in [0, 0.05) is 30.9 Å². The number of nitrogens with zero attached hydrogens (tertiary/aromatic N) is 3. The molecule has 0 aliphatic carbocycles. The summed E-state index contributed by atoms with van der Waals surface area (Å²) in [7, 11) is 0. The Morgan fingerprint density at radius 3 is 2.59 bits per heavy atom. The molecule has 0 radical (unpaired) electrons. The quantitative estimate of drug-likeness (QED) is 0.803. The van der Waals surface area contributed by atoms with E-state index in [2.05, 4.69) is 17.1 Å². The summed E-state index contributed by atoms with van der Waals surface area (Å²) in [5, 5.41) is 2.91. The maximum absolute atomic E-state index is 13.3. The minimum absolute atomic E-state index is 0.0234. The van der Waals surface area contributed by atoms with E-state index < -0.39 is 5.66 Å². The molecule has 5 rings (SSSR count). The molecule has 166 valence electrons. The molecule has 3 aliphatic heterocycles. The predicted octanol–water partition coefficient (Wildman–Crippen LogP) is 3.47. The van der Waals surface area contributed by atoms with Crippen LogP contribution in [0.5, 0.6) is 0 Å². The van der Waals surface area contributed by atoms with Gasteiger partial charge >= 0.3 is 0 Å². The Morgan fingerprint density at radius 1 is 1.12 bits per heavy atom. The number of nitrogens with one attached hydrogen (secondary N) is 1. The first kappa shape index (κ1) is 20.5. The standard InChI is InChI=1S/C25H28N4O3/c1-17-12-14-27(15-17)19-9-7-18(8-10-19)26-22(30)16-28-24(32)20-5-3-4-6-21(20)29-23(31)11-13-25(28,29)2/h3-10,17H,11-16H2,1-2H3,(H,26,30). The fourth-order valence-corrected chi connectivity index (χ4v) is 5.21. The summed E-state index contributed by atoms with van der Waals surface area (Å²) in [5.41, 5.74) is 2.10. The number of anilines is 3. The molecule has 7 heteroatoms. The molecular weight excluding hydrogens is 404 g/mol. The van der Waals surface area contributed by atoms with Crippen LogP contribution in [0.1, 0.15) is 43.5 Å². The number of fused-ring (bicyclic) bond motifs is 3. The largest absolute Gasteiger partial charge is 0.371 e. The van der Waals surface area contributed by atoms with Crippen molar-refractivity contribution in [2.24, 2.45) is 5.92 Å². The van der Waals surface area contributed by atoms with Gasteiger partial charge < -0.3 is 15.1 Å². The third-order valence-electron chi connectivity index (χ3n) is 6.99. The average Bonchev–Trinajstić information content (AvgIpc) is 3.35. The van der Waals surface area contributed by atoms with Crippen molar-refractivity contribution < 1.29 is 14.4 Å². The van der Waals surface area contributed by atoms with Crippen molar-refractivity contribution in [1.82, 2.24) is 4.90 Å². The maximum Gasteiger partial charge on any atom is 0.258 e. The monoisotopic (exact) mass is 432 g/mol. The lowest BCUT2D eigenvalue weighted by Gasteiger charge is -2.48. The molecular formula is C25H28N4O3. The van der Waals surface area contributed by atoms with Crippen molar-refractivity contribution in [1.29, 1.82) is 0 Å². The van der Waals surface area contributed by atoms with Crippen LogP contribution in [-0.4, -0.2) is 47.9 Å². The van der Waals surface area contributed by atoms with Crippen molar-refractivity contribution in [2.45, 2.75) is 38.8 Å². The van der Waals surface area contributed by atoms with E-state index in [0.29, 0.717) is 35.7 Å². The summed E-state index contributed by atoms with van der Waals surface area (Å²) < 4.78 is 0. The van der Waals surface area contributed by atoms with Crippen LogP contribution in [0.4, 0.5) is 17.1 Å². The molecule has 0 spiro atoms. The van der Waals surface area contributed by atoms with Gasteiger partial charge in [0.2, 0.25) is 11.8 Å². The maximum atomic E-state index is 13.3. The predicted molar refractivity (Wildman–Crippen MR) is 124 cm³/mol. The number of amides is 3. The van der Waals surface area contributed by atoms with E-state index in [1.165, 1.54) is 11.3 Å². The first-order chi connectivity index (χ1) is 15.4. The molecule has 7 nitrogen and oxygen atoms in total. The van der Waals surface area contributed by atoms with Crippen LogP contribution in [0.2, 0.25) is 0 Å². The molecule has 2 aromatic carbocycles. The van der Waals surface area contributed by atoms with Crippen LogP contribution in [0.25, 0.3) is 0 Å². The Balaban J connectivity index is 1.33. The molecule has 0 saturated carbocycles. The fourth-order valence-electron chi connectivity index (χ4n) is 5.21. The SMILES string of the molecule is CC1CCN(c2ccc(NC(=O)CN3C(=O)c4ccccc4N4C(=O)CCC34C)cc2)C1. The zero-order valence-electron chi connectivity index (χ0n) is 18.5. The number of hydrogen-bond donors (Lipinski definition) is 1. The molecule has 2 atom stereocenters. The highest BCUT2D eigenvalue weighted by Crippen LogP contribution is 2.43. The molecule has 2 fully saturated rings. The van der Waals surface area contributed by atoms with Crippen molar-refractivity contribution in [3.63, 3.8) is 0 Å². The molecule has 3 heterocycles. The van der Waals surface area contributed by atoms with E-state index in [4.69, 9.17) is 0 Å². The fraction of sp³-hybridized carbons (Fsp3) is 0.400. The van der Waals surface area contributed by atoms with E-state index >= 15 is 0 Å². The van der Waals surface area contributed by atoms with Crippen LogP contribution in [-0.2, 0) is 9.59 Å². The van der Waals surface area contributed by atoms with Crippen molar-refractivity contribution >= 4 is 34.8 Å². The highest BCUT2D eigenvalue weighted by atomic mass is 16.2. The van der Waals surface area contributed by atoms with E-state index in [0.717, 1.165) is 18.8 Å². The number of carbonyl (C=O) groups is 3. The Bertz CT molecular complexity index is 1080. The number of carbonyl (C=O) groups excluding carboxylic acids is 3. The van der Waals surface area contributed by atoms with Gasteiger partial charge in [0.15, 0.2) is 0 Å². The second-order valence-corrected chi connectivity index (χ2v) is 9.29. The second kappa shape index (κ2) is 7.65. The lowest BCUT2D eigenvalue weighted by molar-refractivity contribution is -0.120. The van der Waals surface area contributed by atoms with Gasteiger partial charge in [-0.1, -0.05) is 19.1 Å². The second-order valence-electron chi connectivity index (χ2n) is 9.29. The third-order valence-corrected chi connectivity index (χ3v) is 6.99. The van der Waals surface area contributed by atoms with Gasteiger partial charge in [0.1, 0.15) is 12.2 Å². The Hall–Kier alpha value is -3.35. The topological polar surface area (TPSA) is 73.0 Å². The van der Waals surface area contributed by atoms with Gasteiger partial charge in [-0.15, -0.1) is 0 Å². The van der Waals surface area contributed by atoms with Crippen molar-refractivity contribution in [2.75, 3.05) is 34.8 Å². The summed E-state index contributed by atoms with van der Waals surface area (Å²) >= 11 is 0. The molecule has 1 N–H and O–H groups in total. The van der Waals surface area contributed by atoms with Gasteiger partial charge in [-0.25, -0.2) is 0 Å². The van der Waals surface area contributed by atoms with Crippen LogP contribution >= 0.6 is 0 Å². The van der Waals surface area contributed by atoms with E-state index in [-0.39, 0.29) is 24.3 Å². The molecule has 2 aromatic rings. The zero-order chi connectivity index (χ0) is 22.5. The zero-order valence-corrected chi connectivity index (χ0v) is 18.5. The lowest BCUT2D eigenvalue weighted by Crippen LogP contribution is -2.63. The summed E-state index contributed by atoms with van der Waals surface area (Å²) in [4.78, 5) is 44.4. The molecule has 3 amide bonds. The molecule has 2 unspecified atom stereocenters. The van der Waals surface area contributed by atoms with Gasteiger partial charge in [-0.05, 0) is 62.1 Å². The minimum Gasteiger partial charge on any atom is -0.371 e. The number of rotatable bonds is 4. The lowest BCUT2D eigenvalue weighted by atomic mass is 9.98. The normalized spacial score (nSPS) is 24.6. The molecule has 3 aliphatic rings. The molecule has 0 aromatic heterocycles.